The monoisotopic (exact) mass is 311 g/mol. The third-order valence-corrected chi connectivity index (χ3v) is 4.15. The van der Waals surface area contributed by atoms with Gasteiger partial charge in [0, 0.05) is 24.0 Å². The second-order valence-electron chi connectivity index (χ2n) is 4.75. The van der Waals surface area contributed by atoms with E-state index in [0.29, 0.717) is 0 Å². The Bertz CT molecular complexity index is 434. The Morgan fingerprint density at radius 1 is 1.39 bits per heavy atom. The summed E-state index contributed by atoms with van der Waals surface area (Å²) in [4.78, 5) is 12.9. The van der Waals surface area contributed by atoms with Crippen molar-refractivity contribution in [1.29, 1.82) is 0 Å². The molecular formula is C14H18BrNO2. The molecule has 0 spiro atoms. The van der Waals surface area contributed by atoms with Crippen LogP contribution >= 0.6 is 15.9 Å². The van der Waals surface area contributed by atoms with Crippen LogP contribution in [0.2, 0.25) is 0 Å². The number of carbonyl (C=O) groups is 1. The summed E-state index contributed by atoms with van der Waals surface area (Å²) in [5.74, 6) is -0.693. The molecule has 1 aliphatic rings. The molecule has 0 unspecified atom stereocenters. The van der Waals surface area contributed by atoms with E-state index in [1.54, 1.807) is 0 Å². The molecule has 1 aliphatic heterocycles. The van der Waals surface area contributed by atoms with Gasteiger partial charge in [-0.1, -0.05) is 28.1 Å². The zero-order valence-electron chi connectivity index (χ0n) is 10.4. The molecule has 0 amide bonds. The zero-order valence-corrected chi connectivity index (χ0v) is 11.9. The summed E-state index contributed by atoms with van der Waals surface area (Å²) in [5, 5.41) is 8.60. The van der Waals surface area contributed by atoms with Crippen LogP contribution in [0.25, 0.3) is 0 Å². The van der Waals surface area contributed by atoms with Crippen LogP contribution in [0.15, 0.2) is 22.7 Å². The molecule has 2 rings (SSSR count). The normalized spacial score (nSPS) is 15.4. The van der Waals surface area contributed by atoms with E-state index in [-0.39, 0.29) is 6.42 Å². The van der Waals surface area contributed by atoms with E-state index in [1.165, 1.54) is 15.6 Å². The highest BCUT2D eigenvalue weighted by Gasteiger charge is 2.17. The Balaban J connectivity index is 1.84. The van der Waals surface area contributed by atoms with Crippen molar-refractivity contribution in [2.75, 3.05) is 13.1 Å². The highest BCUT2D eigenvalue weighted by Crippen LogP contribution is 2.26. The first kappa shape index (κ1) is 13.6. The molecule has 3 nitrogen and oxygen atoms in total. The van der Waals surface area contributed by atoms with Crippen molar-refractivity contribution in [3.8, 4) is 0 Å². The van der Waals surface area contributed by atoms with Crippen molar-refractivity contribution in [3.05, 3.63) is 33.8 Å². The van der Waals surface area contributed by atoms with Crippen LogP contribution < -0.4 is 0 Å². The Morgan fingerprint density at radius 2 is 2.22 bits per heavy atom. The van der Waals surface area contributed by atoms with E-state index in [2.05, 4.69) is 39.0 Å². The van der Waals surface area contributed by atoms with E-state index in [1.807, 2.05) is 0 Å². The summed E-state index contributed by atoms with van der Waals surface area (Å²) in [7, 11) is 0. The number of benzene rings is 1. The summed E-state index contributed by atoms with van der Waals surface area (Å²) in [5.41, 5.74) is 2.83. The van der Waals surface area contributed by atoms with Gasteiger partial charge in [0.1, 0.15) is 0 Å². The van der Waals surface area contributed by atoms with E-state index in [0.717, 1.165) is 38.9 Å². The molecule has 4 heteroatoms. The number of hydrogen-bond acceptors (Lipinski definition) is 2. The van der Waals surface area contributed by atoms with Crippen LogP contribution in [0.5, 0.6) is 0 Å². The number of unbranched alkanes of at least 4 members (excludes halogenated alkanes) is 1. The number of rotatable bonds is 5. The van der Waals surface area contributed by atoms with Crippen molar-refractivity contribution < 1.29 is 9.90 Å². The first-order valence-corrected chi connectivity index (χ1v) is 7.16. The average Bonchev–Trinajstić information content (AvgIpc) is 2.35. The summed E-state index contributed by atoms with van der Waals surface area (Å²) >= 11 is 3.61. The first-order chi connectivity index (χ1) is 8.66. The van der Waals surface area contributed by atoms with E-state index >= 15 is 0 Å². The van der Waals surface area contributed by atoms with Gasteiger partial charge in [0.2, 0.25) is 0 Å². The Hall–Kier alpha value is -0.870. The largest absolute Gasteiger partial charge is 0.481 e. The number of fused-ring (bicyclic) bond motifs is 1. The first-order valence-electron chi connectivity index (χ1n) is 6.37. The van der Waals surface area contributed by atoms with Gasteiger partial charge in [-0.25, -0.2) is 0 Å². The minimum Gasteiger partial charge on any atom is -0.481 e. The van der Waals surface area contributed by atoms with Crippen LogP contribution in [0.4, 0.5) is 0 Å². The predicted molar refractivity (Wildman–Crippen MR) is 74.6 cm³/mol. The second kappa shape index (κ2) is 6.34. The van der Waals surface area contributed by atoms with Gasteiger partial charge in [-0.15, -0.1) is 0 Å². The molecule has 0 aromatic heterocycles. The molecule has 0 aliphatic carbocycles. The maximum atomic E-state index is 10.4. The third-order valence-electron chi connectivity index (χ3n) is 3.41. The molecule has 0 atom stereocenters. The molecule has 0 bridgehead atoms. The van der Waals surface area contributed by atoms with Crippen molar-refractivity contribution >= 4 is 21.9 Å². The lowest BCUT2D eigenvalue weighted by molar-refractivity contribution is -0.137. The van der Waals surface area contributed by atoms with Crippen LogP contribution in [0.3, 0.4) is 0 Å². The molecule has 1 heterocycles. The van der Waals surface area contributed by atoms with Crippen LogP contribution in [0.1, 0.15) is 30.4 Å². The highest BCUT2D eigenvalue weighted by atomic mass is 79.9. The number of carboxylic acids is 1. The van der Waals surface area contributed by atoms with Gasteiger partial charge in [0.05, 0.1) is 0 Å². The van der Waals surface area contributed by atoms with Crippen molar-refractivity contribution in [1.82, 2.24) is 4.90 Å². The minimum absolute atomic E-state index is 0.286. The van der Waals surface area contributed by atoms with Crippen molar-refractivity contribution in [2.24, 2.45) is 0 Å². The summed E-state index contributed by atoms with van der Waals surface area (Å²) in [6.45, 7) is 3.05. The fraction of sp³-hybridized carbons (Fsp3) is 0.500. The van der Waals surface area contributed by atoms with Gasteiger partial charge in [-0.2, -0.15) is 0 Å². The molecule has 18 heavy (non-hydrogen) atoms. The third kappa shape index (κ3) is 3.56. The predicted octanol–water partition coefficient (Wildman–Crippen LogP) is 3.06. The van der Waals surface area contributed by atoms with Crippen LogP contribution in [-0.2, 0) is 17.8 Å². The maximum absolute atomic E-state index is 10.4. The molecule has 0 radical (unpaired) electrons. The van der Waals surface area contributed by atoms with Gasteiger partial charge in [0.25, 0.3) is 0 Å². The second-order valence-corrected chi connectivity index (χ2v) is 5.61. The van der Waals surface area contributed by atoms with Gasteiger partial charge in [-0.3, -0.25) is 9.69 Å². The fourth-order valence-corrected chi connectivity index (χ4v) is 2.93. The number of nitrogens with zero attached hydrogens (tertiary/aromatic N) is 1. The Morgan fingerprint density at radius 3 is 3.00 bits per heavy atom. The SMILES string of the molecule is O=C(O)CCCCN1CCc2cccc(Br)c2C1. The van der Waals surface area contributed by atoms with Gasteiger partial charge < -0.3 is 5.11 Å². The van der Waals surface area contributed by atoms with Crippen LogP contribution in [0, 0.1) is 0 Å². The van der Waals surface area contributed by atoms with E-state index < -0.39 is 5.97 Å². The zero-order chi connectivity index (χ0) is 13.0. The smallest absolute Gasteiger partial charge is 0.303 e. The quantitative estimate of drug-likeness (QED) is 0.850. The van der Waals surface area contributed by atoms with E-state index in [9.17, 15) is 4.79 Å². The summed E-state index contributed by atoms with van der Waals surface area (Å²) in [6, 6.07) is 6.38. The maximum Gasteiger partial charge on any atom is 0.303 e. The minimum atomic E-state index is -0.693. The molecule has 0 saturated carbocycles. The lowest BCUT2D eigenvalue weighted by Crippen LogP contribution is -2.31. The molecule has 1 aromatic rings. The van der Waals surface area contributed by atoms with Gasteiger partial charge in [0.15, 0.2) is 0 Å². The molecular weight excluding hydrogens is 294 g/mol. The number of carboxylic acid groups (broad SMARTS) is 1. The van der Waals surface area contributed by atoms with Gasteiger partial charge in [-0.05, 0) is 43.0 Å². The standard InChI is InChI=1S/C14H18BrNO2/c15-13-5-3-4-11-7-9-16(10-12(11)13)8-2-1-6-14(17)18/h3-5H,1-2,6-10H2,(H,17,18). The number of aliphatic carboxylic acids is 1. The molecule has 0 saturated heterocycles. The molecule has 1 N–H and O–H groups in total. The highest BCUT2D eigenvalue weighted by molar-refractivity contribution is 9.10. The van der Waals surface area contributed by atoms with Gasteiger partial charge >= 0.3 is 5.97 Å². The van der Waals surface area contributed by atoms with Crippen LogP contribution in [-0.4, -0.2) is 29.1 Å². The Labute approximate surface area is 116 Å². The number of halogens is 1. The molecule has 98 valence electrons. The lowest BCUT2D eigenvalue weighted by atomic mass is 10.00. The Kier molecular flexibility index (Phi) is 4.78. The summed E-state index contributed by atoms with van der Waals surface area (Å²) in [6.07, 6.45) is 3.11. The fourth-order valence-electron chi connectivity index (χ4n) is 2.40. The molecule has 0 fully saturated rings. The topological polar surface area (TPSA) is 40.5 Å². The summed E-state index contributed by atoms with van der Waals surface area (Å²) < 4.78 is 1.19. The van der Waals surface area contributed by atoms with E-state index in [4.69, 9.17) is 5.11 Å². The average molecular weight is 312 g/mol. The van der Waals surface area contributed by atoms with Crippen molar-refractivity contribution in [2.45, 2.75) is 32.2 Å². The molecule has 1 aromatic carbocycles. The van der Waals surface area contributed by atoms with Crippen molar-refractivity contribution in [3.63, 3.8) is 0 Å². The number of hydrogen-bond donors (Lipinski definition) is 1. The lowest BCUT2D eigenvalue weighted by Gasteiger charge is -2.29.